The third kappa shape index (κ3) is 11.4. The molecule has 1 rings (SSSR count). The zero-order valence-corrected chi connectivity index (χ0v) is 17.5. The second-order valence-electron chi connectivity index (χ2n) is 6.08. The van der Waals surface area contributed by atoms with E-state index in [0.29, 0.717) is 18.8 Å². The van der Waals surface area contributed by atoms with E-state index in [1.54, 1.807) is 19.9 Å². The fraction of sp³-hybridized carbons (Fsp3) is 0.714. The zero-order chi connectivity index (χ0) is 21.0. The van der Waals surface area contributed by atoms with Crippen LogP contribution < -0.4 is 5.32 Å². The Morgan fingerprint density at radius 1 is 1.32 bits per heavy atom. The van der Waals surface area contributed by atoms with Gasteiger partial charge in [-0.15, -0.1) is 0 Å². The molecular formula is C14H25N5O7P2. The van der Waals surface area contributed by atoms with Gasteiger partial charge in [-0.3, -0.25) is 13.6 Å². The van der Waals surface area contributed by atoms with Crippen LogP contribution in [0.25, 0.3) is 0 Å². The Bertz CT molecular complexity index is 690. The second kappa shape index (κ2) is 12.9. The third-order valence-corrected chi connectivity index (χ3v) is 5.01. The van der Waals surface area contributed by atoms with Gasteiger partial charge >= 0.3 is 16.1 Å². The summed E-state index contributed by atoms with van der Waals surface area (Å²) in [6.07, 6.45) is 2.94. The molecular weight excluding hydrogens is 412 g/mol. The number of hydrogen-bond donors (Lipinski definition) is 3. The van der Waals surface area contributed by atoms with Gasteiger partial charge in [0, 0.05) is 6.04 Å². The number of phosphoric acid groups is 1. The van der Waals surface area contributed by atoms with E-state index in [1.165, 1.54) is 12.7 Å². The van der Waals surface area contributed by atoms with E-state index in [1.807, 2.05) is 0 Å². The van der Waals surface area contributed by atoms with E-state index in [4.69, 9.17) is 19.2 Å². The molecule has 0 aliphatic rings. The summed E-state index contributed by atoms with van der Waals surface area (Å²) in [6.45, 7) is 3.20. The highest BCUT2D eigenvalue weighted by atomic mass is 31.2. The molecule has 28 heavy (non-hydrogen) atoms. The van der Waals surface area contributed by atoms with Crippen molar-refractivity contribution < 1.29 is 32.5 Å². The van der Waals surface area contributed by atoms with Gasteiger partial charge in [0.15, 0.2) is 0 Å². The number of anilines is 1. The van der Waals surface area contributed by atoms with Gasteiger partial charge in [-0.25, -0.2) is 19.5 Å². The van der Waals surface area contributed by atoms with Crippen LogP contribution in [-0.2, 0) is 22.7 Å². The molecule has 0 saturated heterocycles. The van der Waals surface area contributed by atoms with Gasteiger partial charge in [-0.2, -0.15) is 5.26 Å². The molecule has 5 atom stereocenters. The van der Waals surface area contributed by atoms with Crippen LogP contribution in [0.3, 0.4) is 0 Å². The van der Waals surface area contributed by atoms with Crippen molar-refractivity contribution in [3.63, 3.8) is 0 Å². The Labute approximate surface area is 163 Å². The molecule has 14 heteroatoms. The minimum atomic E-state index is -4.23. The summed E-state index contributed by atoms with van der Waals surface area (Å²) in [5.41, 5.74) is 0. The molecule has 0 aliphatic heterocycles. The van der Waals surface area contributed by atoms with E-state index in [9.17, 15) is 14.0 Å². The Morgan fingerprint density at radius 2 is 2.00 bits per heavy atom. The first-order valence-corrected chi connectivity index (χ1v) is 11.2. The van der Waals surface area contributed by atoms with E-state index in [2.05, 4.69) is 24.8 Å². The van der Waals surface area contributed by atoms with Gasteiger partial charge in [0.1, 0.15) is 12.7 Å². The first-order valence-electron chi connectivity index (χ1n) is 8.48. The lowest BCUT2D eigenvalue weighted by Gasteiger charge is -2.25. The van der Waals surface area contributed by atoms with Crippen molar-refractivity contribution in [3.8, 4) is 6.07 Å². The highest BCUT2D eigenvalue weighted by Crippen LogP contribution is 2.43. The number of rotatable bonds is 14. The average Bonchev–Trinajstić information content (AvgIpc) is 2.60. The van der Waals surface area contributed by atoms with Crippen LogP contribution in [0.15, 0.2) is 12.7 Å². The van der Waals surface area contributed by atoms with Crippen molar-refractivity contribution in [2.45, 2.75) is 45.3 Å². The maximum atomic E-state index is 11.7. The Balaban J connectivity index is 2.61. The number of nitrogens with one attached hydrogen (secondary N) is 1. The van der Waals surface area contributed by atoms with Crippen LogP contribution in [-0.4, -0.2) is 50.1 Å². The van der Waals surface area contributed by atoms with Crippen molar-refractivity contribution in [2.75, 3.05) is 18.5 Å². The van der Waals surface area contributed by atoms with Crippen LogP contribution in [0, 0.1) is 17.2 Å². The molecule has 3 N–H and O–H groups in total. The fourth-order valence-corrected chi connectivity index (χ4v) is 3.63. The van der Waals surface area contributed by atoms with E-state index >= 15 is 0 Å². The van der Waals surface area contributed by atoms with Crippen LogP contribution in [0.2, 0.25) is 0 Å². The van der Waals surface area contributed by atoms with Gasteiger partial charge in [-0.05, 0) is 25.7 Å². The monoisotopic (exact) mass is 437 g/mol. The first-order chi connectivity index (χ1) is 13.2. The number of nitriles is 1. The Morgan fingerprint density at radius 3 is 2.61 bits per heavy atom. The topological polar surface area (TPSA) is 177 Å². The quantitative estimate of drug-likeness (QED) is 0.285. The zero-order valence-electron chi connectivity index (χ0n) is 15.6. The normalized spacial score (nSPS) is 17.7. The van der Waals surface area contributed by atoms with Crippen molar-refractivity contribution in [1.29, 1.82) is 5.26 Å². The summed E-state index contributed by atoms with van der Waals surface area (Å²) in [5, 5.41) is 11.5. The lowest BCUT2D eigenvalue weighted by molar-refractivity contribution is 0.129. The molecule has 0 radical (unpaired) electrons. The summed E-state index contributed by atoms with van der Waals surface area (Å²) in [7, 11) is -7.30. The minimum absolute atomic E-state index is 0.0206. The highest BCUT2D eigenvalue weighted by Gasteiger charge is 2.24. The molecule has 0 aliphatic carbocycles. The molecule has 0 saturated carbocycles. The second-order valence-corrected chi connectivity index (χ2v) is 8.30. The SMILES string of the molecule is C[C@@H](COP(=O)(O)OCCC#N)C[C@H](C[C@@H](C)O[PH](=O)O)Nc1ncncn1. The molecule has 158 valence electrons. The fourth-order valence-electron chi connectivity index (χ4n) is 2.35. The van der Waals surface area contributed by atoms with Gasteiger partial charge in [0.25, 0.3) is 0 Å². The van der Waals surface area contributed by atoms with Gasteiger partial charge in [-0.1, -0.05) is 6.92 Å². The van der Waals surface area contributed by atoms with E-state index < -0.39 is 22.2 Å². The summed E-state index contributed by atoms with van der Waals surface area (Å²) in [5.74, 6) is 0.141. The summed E-state index contributed by atoms with van der Waals surface area (Å²) in [4.78, 5) is 30.2. The Kier molecular flexibility index (Phi) is 11.3. The first kappa shape index (κ1) is 24.6. The lowest BCUT2D eigenvalue weighted by atomic mass is 9.98. The molecule has 0 spiro atoms. The van der Waals surface area contributed by atoms with Crippen molar-refractivity contribution in [2.24, 2.45) is 5.92 Å². The van der Waals surface area contributed by atoms with Gasteiger partial charge < -0.3 is 19.6 Å². The molecule has 1 aromatic rings. The van der Waals surface area contributed by atoms with E-state index in [-0.39, 0.29) is 31.6 Å². The summed E-state index contributed by atoms with van der Waals surface area (Å²) in [6, 6.07) is 1.53. The number of aromatic nitrogens is 3. The van der Waals surface area contributed by atoms with Gasteiger partial charge in [0.2, 0.25) is 5.95 Å². The molecule has 0 aromatic carbocycles. The molecule has 1 heterocycles. The minimum Gasteiger partial charge on any atom is -0.351 e. The lowest BCUT2D eigenvalue weighted by Crippen LogP contribution is -2.29. The standard InChI is InChI=1S/C14H25N5O7P2/c1-11(8-25-28(22,23)24-5-3-4-15)6-13(7-12(2)26-27(20)21)19-14-17-9-16-10-18-14/h9-13,27H,3,5-8H2,1-2H3,(H,20,21)(H,22,23)(H,16,17,18,19)/t11-,12-,13-/m1/s1. The maximum absolute atomic E-state index is 11.7. The molecule has 1 aromatic heterocycles. The number of phosphoric ester groups is 1. The van der Waals surface area contributed by atoms with Gasteiger partial charge in [0.05, 0.1) is 31.8 Å². The molecule has 2 unspecified atom stereocenters. The van der Waals surface area contributed by atoms with Crippen LogP contribution in [0.4, 0.5) is 5.95 Å². The molecule has 0 bridgehead atoms. The molecule has 0 amide bonds. The van der Waals surface area contributed by atoms with Crippen LogP contribution in [0.1, 0.15) is 33.1 Å². The van der Waals surface area contributed by atoms with Crippen LogP contribution in [0.5, 0.6) is 0 Å². The Hall–Kier alpha value is -1.44. The van der Waals surface area contributed by atoms with E-state index in [0.717, 1.165) is 0 Å². The van der Waals surface area contributed by atoms with Crippen molar-refractivity contribution in [1.82, 2.24) is 15.0 Å². The maximum Gasteiger partial charge on any atom is 0.472 e. The van der Waals surface area contributed by atoms with Crippen molar-refractivity contribution >= 4 is 22.0 Å². The average molecular weight is 437 g/mol. The van der Waals surface area contributed by atoms with Crippen molar-refractivity contribution in [3.05, 3.63) is 12.7 Å². The third-order valence-electron chi connectivity index (χ3n) is 3.42. The summed E-state index contributed by atoms with van der Waals surface area (Å²) >= 11 is 0. The molecule has 0 fully saturated rings. The predicted octanol–water partition coefficient (Wildman–Crippen LogP) is 1.90. The molecule has 12 nitrogen and oxygen atoms in total. The smallest absolute Gasteiger partial charge is 0.351 e. The summed E-state index contributed by atoms with van der Waals surface area (Å²) < 4.78 is 37.2. The number of hydrogen-bond acceptors (Lipinski definition) is 10. The largest absolute Gasteiger partial charge is 0.472 e. The number of nitrogens with zero attached hydrogens (tertiary/aromatic N) is 4. The highest BCUT2D eigenvalue weighted by molar-refractivity contribution is 7.47. The van der Waals surface area contributed by atoms with Crippen LogP contribution >= 0.6 is 16.1 Å². The predicted molar refractivity (Wildman–Crippen MR) is 99.4 cm³/mol.